The smallest absolute Gasteiger partial charge is 0.181 e. The van der Waals surface area contributed by atoms with Crippen molar-refractivity contribution in [3.05, 3.63) is 30.1 Å². The molecule has 1 aromatic carbocycles. The Balaban J connectivity index is 1.97. The van der Waals surface area contributed by atoms with E-state index in [-0.39, 0.29) is 11.8 Å². The molecule has 0 fully saturated rings. The predicted octanol–water partition coefficient (Wildman–Crippen LogP) is 0.924. The van der Waals surface area contributed by atoms with Gasteiger partial charge in [-0.1, -0.05) is 0 Å². The van der Waals surface area contributed by atoms with Crippen molar-refractivity contribution >= 4 is 0 Å². The Morgan fingerprint density at radius 2 is 2.06 bits per heavy atom. The summed E-state index contributed by atoms with van der Waals surface area (Å²) in [6, 6.07) is 7.11. The number of nitrogens with zero attached hydrogens (tertiary/aromatic N) is 3. The third-order valence-electron chi connectivity index (χ3n) is 3.03. The maximum atomic E-state index is 9.24. The second-order valence-electron chi connectivity index (χ2n) is 4.37. The summed E-state index contributed by atoms with van der Waals surface area (Å²) in [6.07, 6.45) is 1.73. The van der Waals surface area contributed by atoms with Gasteiger partial charge in [0.1, 0.15) is 11.6 Å². The number of hydrogen-bond acceptors (Lipinski definition) is 4. The minimum absolute atomic E-state index is 0.194. The molecule has 0 amide bonds. The average molecular weight is 230 g/mol. The lowest BCUT2D eigenvalue weighted by Gasteiger charge is -2.17. The Kier molecular flexibility index (Phi) is 2.33. The van der Waals surface area contributed by atoms with Gasteiger partial charge in [0.2, 0.25) is 0 Å². The SMILES string of the molecule is NC1CCn2nc(-c3ccc(O)cc3)nc2C1. The summed E-state index contributed by atoms with van der Waals surface area (Å²) < 4.78 is 1.92. The predicted molar refractivity (Wildman–Crippen MR) is 63.4 cm³/mol. The first-order valence-corrected chi connectivity index (χ1v) is 5.71. The molecule has 17 heavy (non-hydrogen) atoms. The number of phenols is 1. The highest BCUT2D eigenvalue weighted by Gasteiger charge is 2.19. The molecule has 2 aromatic rings. The van der Waals surface area contributed by atoms with Gasteiger partial charge in [0.25, 0.3) is 0 Å². The van der Waals surface area contributed by atoms with Gasteiger partial charge in [0.15, 0.2) is 5.82 Å². The summed E-state index contributed by atoms with van der Waals surface area (Å²) in [5.74, 6) is 1.90. The molecule has 0 radical (unpaired) electrons. The van der Waals surface area contributed by atoms with E-state index >= 15 is 0 Å². The van der Waals surface area contributed by atoms with E-state index in [9.17, 15) is 5.11 Å². The molecule has 5 heteroatoms. The summed E-state index contributed by atoms with van der Waals surface area (Å²) >= 11 is 0. The molecule has 1 unspecified atom stereocenters. The molecule has 0 spiro atoms. The standard InChI is InChI=1S/C12H14N4O/c13-9-5-6-16-11(7-9)14-12(15-16)8-1-3-10(17)4-2-8/h1-4,9,17H,5-7,13H2. The highest BCUT2D eigenvalue weighted by atomic mass is 16.3. The van der Waals surface area contributed by atoms with Crippen molar-refractivity contribution in [1.82, 2.24) is 14.8 Å². The van der Waals surface area contributed by atoms with E-state index in [0.29, 0.717) is 5.82 Å². The van der Waals surface area contributed by atoms with Crippen molar-refractivity contribution < 1.29 is 5.11 Å². The van der Waals surface area contributed by atoms with Crippen LogP contribution < -0.4 is 5.73 Å². The van der Waals surface area contributed by atoms with Crippen LogP contribution in [0.4, 0.5) is 0 Å². The van der Waals surface area contributed by atoms with Crippen LogP contribution in [0.5, 0.6) is 5.75 Å². The molecule has 0 saturated heterocycles. The van der Waals surface area contributed by atoms with E-state index < -0.39 is 0 Å². The maximum Gasteiger partial charge on any atom is 0.181 e. The molecule has 88 valence electrons. The van der Waals surface area contributed by atoms with Crippen molar-refractivity contribution in [2.45, 2.75) is 25.4 Å². The minimum atomic E-state index is 0.194. The summed E-state index contributed by atoms with van der Waals surface area (Å²) in [6.45, 7) is 0.835. The van der Waals surface area contributed by atoms with Crippen LogP contribution in [0.3, 0.4) is 0 Å². The monoisotopic (exact) mass is 230 g/mol. The molecular weight excluding hydrogens is 216 g/mol. The first kappa shape index (κ1) is 10.3. The van der Waals surface area contributed by atoms with E-state index in [0.717, 1.165) is 30.8 Å². The molecule has 1 aromatic heterocycles. The molecule has 3 N–H and O–H groups in total. The first-order chi connectivity index (χ1) is 8.22. The van der Waals surface area contributed by atoms with Crippen LogP contribution in [0.1, 0.15) is 12.2 Å². The molecule has 3 rings (SSSR count). The lowest BCUT2D eigenvalue weighted by molar-refractivity contribution is 0.433. The molecule has 0 bridgehead atoms. The number of fused-ring (bicyclic) bond motifs is 1. The molecule has 2 heterocycles. The van der Waals surface area contributed by atoms with Gasteiger partial charge in [0, 0.05) is 24.6 Å². The summed E-state index contributed by atoms with van der Waals surface area (Å²) in [4.78, 5) is 4.49. The fraction of sp³-hybridized carbons (Fsp3) is 0.333. The summed E-state index contributed by atoms with van der Waals surface area (Å²) in [5.41, 5.74) is 6.82. The lowest BCUT2D eigenvalue weighted by Crippen LogP contribution is -2.31. The Morgan fingerprint density at radius 1 is 1.29 bits per heavy atom. The highest BCUT2D eigenvalue weighted by molar-refractivity contribution is 5.55. The van der Waals surface area contributed by atoms with E-state index in [1.54, 1.807) is 12.1 Å². The van der Waals surface area contributed by atoms with Crippen LogP contribution in [0.15, 0.2) is 24.3 Å². The zero-order valence-corrected chi connectivity index (χ0v) is 9.37. The number of benzene rings is 1. The van der Waals surface area contributed by atoms with Crippen molar-refractivity contribution in [2.24, 2.45) is 5.73 Å². The van der Waals surface area contributed by atoms with Crippen LogP contribution in [-0.4, -0.2) is 25.9 Å². The highest BCUT2D eigenvalue weighted by Crippen LogP contribution is 2.21. The molecule has 1 atom stereocenters. The molecule has 5 nitrogen and oxygen atoms in total. The first-order valence-electron chi connectivity index (χ1n) is 5.71. The number of aromatic nitrogens is 3. The van der Waals surface area contributed by atoms with E-state index in [1.165, 1.54) is 0 Å². The fourth-order valence-electron chi connectivity index (χ4n) is 2.06. The van der Waals surface area contributed by atoms with Crippen LogP contribution in [-0.2, 0) is 13.0 Å². The number of aryl methyl sites for hydroxylation is 1. The number of rotatable bonds is 1. The normalized spacial score (nSPS) is 19.0. The number of nitrogens with two attached hydrogens (primary N) is 1. The molecule has 1 aliphatic rings. The van der Waals surface area contributed by atoms with Gasteiger partial charge < -0.3 is 10.8 Å². The van der Waals surface area contributed by atoms with Gasteiger partial charge in [-0.25, -0.2) is 9.67 Å². The Bertz CT molecular complexity index is 532. The summed E-state index contributed by atoms with van der Waals surface area (Å²) in [7, 11) is 0. The van der Waals surface area contributed by atoms with E-state index in [2.05, 4.69) is 10.1 Å². The largest absolute Gasteiger partial charge is 0.508 e. The number of aromatic hydroxyl groups is 1. The Morgan fingerprint density at radius 3 is 2.82 bits per heavy atom. The molecular formula is C12H14N4O. The van der Waals surface area contributed by atoms with Crippen molar-refractivity contribution in [2.75, 3.05) is 0 Å². The van der Waals surface area contributed by atoms with Gasteiger partial charge in [-0.15, -0.1) is 0 Å². The third kappa shape index (κ3) is 1.89. The third-order valence-corrected chi connectivity index (χ3v) is 3.03. The van der Waals surface area contributed by atoms with E-state index in [4.69, 9.17) is 5.73 Å². The summed E-state index contributed by atoms with van der Waals surface area (Å²) in [5, 5.41) is 13.7. The number of phenolic OH excluding ortho intramolecular Hbond substituents is 1. The van der Waals surface area contributed by atoms with Crippen LogP contribution in [0, 0.1) is 0 Å². The van der Waals surface area contributed by atoms with Gasteiger partial charge in [0.05, 0.1) is 0 Å². The van der Waals surface area contributed by atoms with Crippen molar-refractivity contribution in [3.8, 4) is 17.1 Å². The van der Waals surface area contributed by atoms with Gasteiger partial charge in [-0.2, -0.15) is 5.10 Å². The van der Waals surface area contributed by atoms with Gasteiger partial charge in [-0.3, -0.25) is 0 Å². The zero-order valence-electron chi connectivity index (χ0n) is 9.37. The van der Waals surface area contributed by atoms with Crippen LogP contribution in [0.25, 0.3) is 11.4 Å². The molecule has 0 aliphatic carbocycles. The topological polar surface area (TPSA) is 77.0 Å². The Labute approximate surface area is 98.9 Å². The van der Waals surface area contributed by atoms with Crippen LogP contribution >= 0.6 is 0 Å². The lowest BCUT2D eigenvalue weighted by atomic mass is 10.1. The van der Waals surface area contributed by atoms with Gasteiger partial charge in [-0.05, 0) is 30.7 Å². The average Bonchev–Trinajstić information content (AvgIpc) is 2.72. The second-order valence-corrected chi connectivity index (χ2v) is 4.37. The zero-order chi connectivity index (χ0) is 11.8. The minimum Gasteiger partial charge on any atom is -0.508 e. The number of hydrogen-bond donors (Lipinski definition) is 2. The molecule has 0 saturated carbocycles. The maximum absolute atomic E-state index is 9.24. The Hall–Kier alpha value is -1.88. The van der Waals surface area contributed by atoms with E-state index in [1.807, 2.05) is 16.8 Å². The van der Waals surface area contributed by atoms with Crippen LogP contribution in [0.2, 0.25) is 0 Å². The van der Waals surface area contributed by atoms with Crippen molar-refractivity contribution in [1.29, 1.82) is 0 Å². The van der Waals surface area contributed by atoms with Gasteiger partial charge >= 0.3 is 0 Å². The van der Waals surface area contributed by atoms with Crippen molar-refractivity contribution in [3.63, 3.8) is 0 Å². The second kappa shape index (κ2) is 3.85. The fourth-order valence-corrected chi connectivity index (χ4v) is 2.06. The quantitative estimate of drug-likeness (QED) is 0.763. The molecule has 1 aliphatic heterocycles.